The van der Waals surface area contributed by atoms with Crippen LogP contribution in [0.4, 0.5) is 11.4 Å². The van der Waals surface area contributed by atoms with E-state index in [-0.39, 0.29) is 16.2 Å². The summed E-state index contributed by atoms with van der Waals surface area (Å²) in [6, 6.07) is 10.5. The van der Waals surface area contributed by atoms with E-state index in [0.717, 1.165) is 5.69 Å². The van der Waals surface area contributed by atoms with E-state index in [4.69, 9.17) is 23.2 Å². The van der Waals surface area contributed by atoms with Crippen molar-refractivity contribution in [2.45, 2.75) is 0 Å². The molecule has 1 N–H and O–H groups in total. The highest BCUT2D eigenvalue weighted by molar-refractivity contribution is 6.33. The van der Waals surface area contributed by atoms with E-state index in [9.17, 15) is 4.79 Å². The van der Waals surface area contributed by atoms with Gasteiger partial charge < -0.3 is 10.2 Å². The summed E-state index contributed by atoms with van der Waals surface area (Å²) in [7, 11) is 3.87. The van der Waals surface area contributed by atoms with Crippen LogP contribution in [0, 0.1) is 0 Å². The van der Waals surface area contributed by atoms with Crippen LogP contribution >= 0.6 is 23.2 Å². The van der Waals surface area contributed by atoms with Gasteiger partial charge in [0.2, 0.25) is 0 Å². The van der Waals surface area contributed by atoms with Gasteiger partial charge in [-0.05, 0) is 30.3 Å². The van der Waals surface area contributed by atoms with E-state index < -0.39 is 0 Å². The van der Waals surface area contributed by atoms with Gasteiger partial charge in [-0.25, -0.2) is 4.98 Å². The largest absolute Gasteiger partial charge is 0.378 e. The molecule has 0 radical (unpaired) electrons. The highest BCUT2D eigenvalue weighted by Gasteiger charge is 2.09. The molecule has 0 atom stereocenters. The second kappa shape index (κ2) is 6.11. The molecule has 2 aromatic rings. The SMILES string of the molecule is CN(C)c1cccc(NC(=O)c2cc(Cl)nc(Cl)c2)c1. The smallest absolute Gasteiger partial charge is 0.255 e. The van der Waals surface area contributed by atoms with E-state index in [0.29, 0.717) is 11.3 Å². The fraction of sp³-hybridized carbons (Fsp3) is 0.143. The number of nitrogens with one attached hydrogen (secondary N) is 1. The summed E-state index contributed by atoms with van der Waals surface area (Å²) in [4.78, 5) is 17.9. The van der Waals surface area contributed by atoms with Crippen molar-refractivity contribution in [2.24, 2.45) is 0 Å². The predicted octanol–water partition coefficient (Wildman–Crippen LogP) is 3.71. The van der Waals surface area contributed by atoms with Crippen molar-refractivity contribution in [3.63, 3.8) is 0 Å². The van der Waals surface area contributed by atoms with E-state index in [1.165, 1.54) is 12.1 Å². The zero-order valence-electron chi connectivity index (χ0n) is 11.0. The standard InChI is InChI=1S/C14H13Cl2N3O/c1-19(2)11-5-3-4-10(8-11)17-14(20)9-6-12(15)18-13(16)7-9/h3-8H,1-2H3,(H,17,20). The monoisotopic (exact) mass is 309 g/mol. The van der Waals surface area contributed by atoms with Gasteiger partial charge in [-0.3, -0.25) is 4.79 Å². The Balaban J connectivity index is 2.21. The molecular weight excluding hydrogens is 297 g/mol. The maximum atomic E-state index is 12.1. The molecule has 1 amide bonds. The molecule has 104 valence electrons. The number of pyridine rings is 1. The van der Waals surface area contributed by atoms with Crippen LogP contribution in [0.3, 0.4) is 0 Å². The molecule has 0 saturated heterocycles. The molecule has 0 aliphatic carbocycles. The average molecular weight is 310 g/mol. The van der Waals surface area contributed by atoms with Crippen LogP contribution in [0.25, 0.3) is 0 Å². The fourth-order valence-electron chi connectivity index (χ4n) is 1.66. The Hall–Kier alpha value is -1.78. The number of carbonyl (C=O) groups excluding carboxylic acids is 1. The Morgan fingerprint density at radius 2 is 1.80 bits per heavy atom. The molecule has 0 saturated carbocycles. The first-order valence-electron chi connectivity index (χ1n) is 5.87. The minimum Gasteiger partial charge on any atom is -0.378 e. The van der Waals surface area contributed by atoms with E-state index in [2.05, 4.69) is 10.3 Å². The highest BCUT2D eigenvalue weighted by atomic mass is 35.5. The molecule has 0 aliphatic rings. The van der Waals surface area contributed by atoms with Crippen LogP contribution in [0.15, 0.2) is 36.4 Å². The first-order valence-corrected chi connectivity index (χ1v) is 6.63. The molecule has 1 aromatic carbocycles. The Bertz CT molecular complexity index is 624. The zero-order chi connectivity index (χ0) is 14.7. The number of aromatic nitrogens is 1. The molecule has 1 aromatic heterocycles. The first kappa shape index (κ1) is 14.6. The second-order valence-electron chi connectivity index (χ2n) is 4.40. The van der Waals surface area contributed by atoms with Gasteiger partial charge in [0, 0.05) is 31.0 Å². The van der Waals surface area contributed by atoms with Crippen LogP contribution in [-0.4, -0.2) is 25.0 Å². The minimum atomic E-state index is -0.285. The Labute approximate surface area is 127 Å². The number of benzene rings is 1. The summed E-state index contributed by atoms with van der Waals surface area (Å²) in [5.41, 5.74) is 2.06. The van der Waals surface area contributed by atoms with Gasteiger partial charge in [0.1, 0.15) is 10.3 Å². The number of amides is 1. The van der Waals surface area contributed by atoms with Gasteiger partial charge in [0.25, 0.3) is 5.91 Å². The van der Waals surface area contributed by atoms with Crippen LogP contribution in [0.5, 0.6) is 0 Å². The summed E-state index contributed by atoms with van der Waals surface area (Å²) in [5, 5.41) is 3.17. The second-order valence-corrected chi connectivity index (χ2v) is 5.17. The molecule has 0 spiro atoms. The van der Waals surface area contributed by atoms with Gasteiger partial charge in [-0.1, -0.05) is 29.3 Å². The van der Waals surface area contributed by atoms with Crippen LogP contribution < -0.4 is 10.2 Å². The normalized spacial score (nSPS) is 10.2. The third-order valence-electron chi connectivity index (χ3n) is 2.65. The van der Waals surface area contributed by atoms with E-state index in [1.54, 1.807) is 0 Å². The number of hydrogen-bond acceptors (Lipinski definition) is 3. The zero-order valence-corrected chi connectivity index (χ0v) is 12.5. The molecule has 20 heavy (non-hydrogen) atoms. The molecule has 0 unspecified atom stereocenters. The molecular formula is C14H13Cl2N3O. The maximum Gasteiger partial charge on any atom is 0.255 e. The fourth-order valence-corrected chi connectivity index (χ4v) is 2.12. The van der Waals surface area contributed by atoms with Crippen LogP contribution in [0.1, 0.15) is 10.4 Å². The van der Waals surface area contributed by atoms with E-state index in [1.807, 2.05) is 43.3 Å². The Morgan fingerprint density at radius 1 is 1.15 bits per heavy atom. The summed E-state index contributed by atoms with van der Waals surface area (Å²) < 4.78 is 0. The lowest BCUT2D eigenvalue weighted by Crippen LogP contribution is -2.13. The number of hydrogen-bond donors (Lipinski definition) is 1. The number of nitrogens with zero attached hydrogens (tertiary/aromatic N) is 2. The lowest BCUT2D eigenvalue weighted by Gasteiger charge is -2.14. The van der Waals surface area contributed by atoms with Crippen molar-refractivity contribution in [1.29, 1.82) is 0 Å². The van der Waals surface area contributed by atoms with Crippen molar-refractivity contribution in [3.8, 4) is 0 Å². The van der Waals surface area contributed by atoms with Crippen molar-refractivity contribution in [3.05, 3.63) is 52.3 Å². The summed E-state index contributed by atoms with van der Waals surface area (Å²) in [5.74, 6) is -0.285. The lowest BCUT2D eigenvalue weighted by atomic mass is 10.2. The van der Waals surface area contributed by atoms with Crippen molar-refractivity contribution in [1.82, 2.24) is 4.98 Å². The van der Waals surface area contributed by atoms with E-state index >= 15 is 0 Å². The van der Waals surface area contributed by atoms with Gasteiger partial charge in [0.15, 0.2) is 0 Å². The number of rotatable bonds is 3. The summed E-state index contributed by atoms with van der Waals surface area (Å²) in [6.45, 7) is 0. The predicted molar refractivity (Wildman–Crippen MR) is 83.0 cm³/mol. The number of halogens is 2. The van der Waals surface area contributed by atoms with Crippen molar-refractivity contribution >= 4 is 40.5 Å². The van der Waals surface area contributed by atoms with Gasteiger partial charge in [-0.15, -0.1) is 0 Å². The highest BCUT2D eigenvalue weighted by Crippen LogP contribution is 2.19. The average Bonchev–Trinajstić information content (AvgIpc) is 2.37. The van der Waals surface area contributed by atoms with Crippen molar-refractivity contribution < 1.29 is 4.79 Å². The molecule has 0 fully saturated rings. The Morgan fingerprint density at radius 3 is 2.40 bits per heavy atom. The van der Waals surface area contributed by atoms with Gasteiger partial charge in [-0.2, -0.15) is 0 Å². The van der Waals surface area contributed by atoms with Crippen LogP contribution in [-0.2, 0) is 0 Å². The molecule has 2 rings (SSSR count). The maximum absolute atomic E-state index is 12.1. The quantitative estimate of drug-likeness (QED) is 0.879. The minimum absolute atomic E-state index is 0.185. The number of anilines is 2. The molecule has 4 nitrogen and oxygen atoms in total. The number of carbonyl (C=O) groups is 1. The van der Waals surface area contributed by atoms with Crippen molar-refractivity contribution in [2.75, 3.05) is 24.3 Å². The third-order valence-corrected chi connectivity index (χ3v) is 3.03. The first-order chi connectivity index (χ1) is 9.45. The molecule has 6 heteroatoms. The molecule has 1 heterocycles. The summed E-state index contributed by atoms with van der Waals surface area (Å²) >= 11 is 11.6. The molecule has 0 aliphatic heterocycles. The summed E-state index contributed by atoms with van der Waals surface area (Å²) in [6.07, 6.45) is 0. The molecule has 0 bridgehead atoms. The third kappa shape index (κ3) is 3.62. The van der Waals surface area contributed by atoms with Gasteiger partial charge >= 0.3 is 0 Å². The van der Waals surface area contributed by atoms with Gasteiger partial charge in [0.05, 0.1) is 0 Å². The Kier molecular flexibility index (Phi) is 4.47. The van der Waals surface area contributed by atoms with Crippen LogP contribution in [0.2, 0.25) is 10.3 Å². The topological polar surface area (TPSA) is 45.2 Å². The lowest BCUT2D eigenvalue weighted by molar-refractivity contribution is 0.102.